The third kappa shape index (κ3) is 3.52. The second kappa shape index (κ2) is 7.17. The van der Waals surface area contributed by atoms with Crippen molar-refractivity contribution in [3.8, 4) is 11.5 Å². The average molecular weight is 289 g/mol. The molecule has 3 rings (SSSR count). The molecule has 0 radical (unpaired) electrons. The van der Waals surface area contributed by atoms with E-state index < -0.39 is 0 Å². The summed E-state index contributed by atoms with van der Waals surface area (Å²) in [6.45, 7) is 1.51. The van der Waals surface area contributed by atoms with Gasteiger partial charge in [0.1, 0.15) is 0 Å². The van der Waals surface area contributed by atoms with Crippen LogP contribution in [0.15, 0.2) is 18.2 Å². The Bertz CT molecular complexity index is 453. The molecule has 0 saturated heterocycles. The third-order valence-electron chi connectivity index (χ3n) is 4.81. The largest absolute Gasteiger partial charge is 0.490 e. The Labute approximate surface area is 128 Å². The van der Waals surface area contributed by atoms with Crippen molar-refractivity contribution in [3.05, 3.63) is 23.8 Å². The fraction of sp³-hybridized carbons (Fsp3) is 0.667. The molecule has 1 atom stereocenters. The van der Waals surface area contributed by atoms with Gasteiger partial charge in [0.25, 0.3) is 0 Å². The van der Waals surface area contributed by atoms with E-state index in [2.05, 4.69) is 30.6 Å². The molecule has 1 N–H and O–H groups in total. The maximum Gasteiger partial charge on any atom is 0.161 e. The highest BCUT2D eigenvalue weighted by atomic mass is 16.5. The minimum atomic E-state index is 0.431. The highest BCUT2D eigenvalue weighted by molar-refractivity contribution is 5.44. The summed E-state index contributed by atoms with van der Waals surface area (Å²) in [7, 11) is 2.08. The molecule has 0 aromatic heterocycles. The summed E-state index contributed by atoms with van der Waals surface area (Å²) < 4.78 is 11.6. The molecular weight excluding hydrogens is 262 g/mol. The normalized spacial score (nSPS) is 21.4. The van der Waals surface area contributed by atoms with E-state index in [-0.39, 0.29) is 0 Å². The van der Waals surface area contributed by atoms with Crippen molar-refractivity contribution in [2.45, 2.75) is 51.0 Å². The van der Waals surface area contributed by atoms with Gasteiger partial charge in [0.15, 0.2) is 11.5 Å². The molecule has 2 aliphatic rings. The zero-order chi connectivity index (χ0) is 14.5. The van der Waals surface area contributed by atoms with E-state index in [9.17, 15) is 0 Å². The molecule has 1 fully saturated rings. The first-order valence-electron chi connectivity index (χ1n) is 8.45. The van der Waals surface area contributed by atoms with Gasteiger partial charge in [0.05, 0.1) is 13.2 Å². The lowest BCUT2D eigenvalue weighted by molar-refractivity contribution is 0.296. The predicted molar refractivity (Wildman–Crippen MR) is 85.0 cm³/mol. The summed E-state index contributed by atoms with van der Waals surface area (Å²) >= 11 is 0. The number of fused-ring (bicyclic) bond motifs is 1. The number of hydrogen-bond donors (Lipinski definition) is 1. The second-order valence-electron chi connectivity index (χ2n) is 6.27. The van der Waals surface area contributed by atoms with Crippen LogP contribution in [0.2, 0.25) is 0 Å². The molecule has 0 spiro atoms. The minimum absolute atomic E-state index is 0.431. The second-order valence-corrected chi connectivity index (χ2v) is 6.27. The van der Waals surface area contributed by atoms with Crippen LogP contribution < -0.4 is 14.8 Å². The zero-order valence-corrected chi connectivity index (χ0v) is 13.1. The Kier molecular flexibility index (Phi) is 5.02. The maximum atomic E-state index is 5.84. The Hall–Kier alpha value is -1.22. The van der Waals surface area contributed by atoms with Crippen molar-refractivity contribution in [3.63, 3.8) is 0 Å². The van der Waals surface area contributed by atoms with Crippen LogP contribution in [0.1, 0.15) is 56.6 Å². The van der Waals surface area contributed by atoms with Gasteiger partial charge in [-0.3, -0.25) is 0 Å². The molecule has 21 heavy (non-hydrogen) atoms. The van der Waals surface area contributed by atoms with Crippen LogP contribution in [0.5, 0.6) is 11.5 Å². The standard InChI is InChI=1S/C18H27NO2/c1-19-18(14-7-4-2-3-5-8-14)15-9-10-16-17(13-15)21-12-6-11-20-16/h9-10,13-14,18-19H,2-8,11-12H2,1H3. The molecule has 1 aromatic carbocycles. The average Bonchev–Trinajstić information content (AvgIpc) is 2.90. The molecule has 1 saturated carbocycles. The first-order valence-corrected chi connectivity index (χ1v) is 8.45. The molecule has 1 unspecified atom stereocenters. The Morgan fingerprint density at radius 1 is 0.952 bits per heavy atom. The molecule has 1 heterocycles. The number of hydrogen-bond acceptors (Lipinski definition) is 3. The predicted octanol–water partition coefficient (Wildman–Crippen LogP) is 4.08. The lowest BCUT2D eigenvalue weighted by Crippen LogP contribution is -2.25. The van der Waals surface area contributed by atoms with Crippen molar-refractivity contribution in [2.24, 2.45) is 5.92 Å². The third-order valence-corrected chi connectivity index (χ3v) is 4.81. The Morgan fingerprint density at radius 2 is 1.67 bits per heavy atom. The summed E-state index contributed by atoms with van der Waals surface area (Å²) in [4.78, 5) is 0. The van der Waals surface area contributed by atoms with Gasteiger partial charge in [0.2, 0.25) is 0 Å². The molecule has 1 aromatic rings. The smallest absolute Gasteiger partial charge is 0.161 e. The van der Waals surface area contributed by atoms with Crippen molar-refractivity contribution >= 4 is 0 Å². The molecular formula is C18H27NO2. The van der Waals surface area contributed by atoms with E-state index in [4.69, 9.17) is 9.47 Å². The quantitative estimate of drug-likeness (QED) is 0.851. The van der Waals surface area contributed by atoms with Crippen LogP contribution in [0.3, 0.4) is 0 Å². The number of nitrogens with one attached hydrogen (secondary N) is 1. The summed E-state index contributed by atoms with van der Waals surface area (Å²) in [5.74, 6) is 2.55. The fourth-order valence-corrected chi connectivity index (χ4v) is 3.69. The van der Waals surface area contributed by atoms with E-state index in [1.807, 2.05) is 0 Å². The van der Waals surface area contributed by atoms with Gasteiger partial charge in [0, 0.05) is 12.5 Å². The zero-order valence-electron chi connectivity index (χ0n) is 13.1. The minimum Gasteiger partial charge on any atom is -0.490 e. The van der Waals surface area contributed by atoms with E-state index in [1.54, 1.807) is 0 Å². The van der Waals surface area contributed by atoms with Gasteiger partial charge in [-0.25, -0.2) is 0 Å². The summed E-state index contributed by atoms with van der Waals surface area (Å²) in [5, 5.41) is 3.54. The lowest BCUT2D eigenvalue weighted by Gasteiger charge is -2.27. The fourth-order valence-electron chi connectivity index (χ4n) is 3.69. The van der Waals surface area contributed by atoms with E-state index in [0.717, 1.165) is 37.1 Å². The van der Waals surface area contributed by atoms with Crippen molar-refractivity contribution in [1.82, 2.24) is 5.32 Å². The van der Waals surface area contributed by atoms with Crippen LogP contribution >= 0.6 is 0 Å². The van der Waals surface area contributed by atoms with E-state index in [0.29, 0.717) is 6.04 Å². The molecule has 116 valence electrons. The van der Waals surface area contributed by atoms with Gasteiger partial charge in [-0.05, 0) is 43.5 Å². The monoisotopic (exact) mass is 289 g/mol. The first kappa shape index (κ1) is 14.7. The number of ether oxygens (including phenoxy) is 2. The van der Waals surface area contributed by atoms with Crippen molar-refractivity contribution in [2.75, 3.05) is 20.3 Å². The van der Waals surface area contributed by atoms with Crippen LogP contribution in [-0.4, -0.2) is 20.3 Å². The van der Waals surface area contributed by atoms with Crippen LogP contribution in [0.4, 0.5) is 0 Å². The van der Waals surface area contributed by atoms with Crippen molar-refractivity contribution in [1.29, 1.82) is 0 Å². The van der Waals surface area contributed by atoms with Gasteiger partial charge >= 0.3 is 0 Å². The molecule has 1 aliphatic carbocycles. The first-order chi connectivity index (χ1) is 10.4. The van der Waals surface area contributed by atoms with E-state index in [1.165, 1.54) is 44.1 Å². The molecule has 3 nitrogen and oxygen atoms in total. The highest BCUT2D eigenvalue weighted by Crippen LogP contribution is 2.37. The van der Waals surface area contributed by atoms with Crippen LogP contribution in [0, 0.1) is 5.92 Å². The van der Waals surface area contributed by atoms with Crippen LogP contribution in [0.25, 0.3) is 0 Å². The number of rotatable bonds is 3. The highest BCUT2D eigenvalue weighted by Gasteiger charge is 2.24. The van der Waals surface area contributed by atoms with Gasteiger partial charge in [-0.2, -0.15) is 0 Å². The van der Waals surface area contributed by atoms with Gasteiger partial charge < -0.3 is 14.8 Å². The Balaban J connectivity index is 1.81. The van der Waals surface area contributed by atoms with Crippen molar-refractivity contribution < 1.29 is 9.47 Å². The maximum absolute atomic E-state index is 5.84. The SMILES string of the molecule is CNC(c1ccc2c(c1)OCCCO2)C1CCCCCC1. The van der Waals surface area contributed by atoms with E-state index >= 15 is 0 Å². The molecule has 0 bridgehead atoms. The number of benzene rings is 1. The van der Waals surface area contributed by atoms with Crippen LogP contribution in [-0.2, 0) is 0 Å². The molecule has 1 aliphatic heterocycles. The van der Waals surface area contributed by atoms with Gasteiger partial charge in [-0.15, -0.1) is 0 Å². The summed E-state index contributed by atoms with van der Waals surface area (Å²) in [6.07, 6.45) is 9.16. The molecule has 3 heteroatoms. The molecule has 0 amide bonds. The lowest BCUT2D eigenvalue weighted by atomic mass is 9.87. The van der Waals surface area contributed by atoms with Gasteiger partial charge in [-0.1, -0.05) is 31.7 Å². The Morgan fingerprint density at radius 3 is 2.38 bits per heavy atom. The summed E-state index contributed by atoms with van der Waals surface area (Å²) in [6, 6.07) is 6.91. The topological polar surface area (TPSA) is 30.5 Å². The summed E-state index contributed by atoms with van der Waals surface area (Å²) in [5.41, 5.74) is 1.34.